The Morgan fingerprint density at radius 1 is 1.25 bits per heavy atom. The van der Waals surface area contributed by atoms with Crippen LogP contribution in [0.4, 0.5) is 0 Å². The predicted octanol–water partition coefficient (Wildman–Crippen LogP) is 2.71. The van der Waals surface area contributed by atoms with Crippen molar-refractivity contribution < 1.29 is 5.11 Å². The van der Waals surface area contributed by atoms with E-state index < -0.39 is 0 Å². The van der Waals surface area contributed by atoms with Crippen molar-refractivity contribution in [1.82, 2.24) is 0 Å². The fraction of sp³-hybridized carbons (Fsp3) is 0.900. The van der Waals surface area contributed by atoms with E-state index in [1.807, 2.05) is 0 Å². The Labute approximate surface area is 76.5 Å². The minimum absolute atomic E-state index is 0.328. The summed E-state index contributed by atoms with van der Waals surface area (Å²) in [5.41, 5.74) is 0.667. The van der Waals surface area contributed by atoms with Gasteiger partial charge in [0, 0.05) is 12.3 Å². The van der Waals surface area contributed by atoms with Crippen LogP contribution in [0.15, 0.2) is 0 Å². The first-order chi connectivity index (χ1) is 5.45. The molecular weight excluding hydrogens is 150 g/mol. The molecule has 2 atom stereocenters. The summed E-state index contributed by atoms with van der Waals surface area (Å²) in [6.45, 7) is 10.2. The number of aliphatic hydroxyl groups excluding tert-OH is 1. The van der Waals surface area contributed by atoms with Crippen molar-refractivity contribution >= 4 is 5.71 Å². The van der Waals surface area contributed by atoms with Gasteiger partial charge in [0.15, 0.2) is 0 Å². The van der Waals surface area contributed by atoms with E-state index in [9.17, 15) is 0 Å². The van der Waals surface area contributed by atoms with E-state index in [1.54, 1.807) is 13.8 Å². The topological polar surface area (TPSA) is 44.1 Å². The largest absolute Gasteiger partial charge is 0.396 e. The number of hydrogen-bond donors (Lipinski definition) is 2. The Bertz CT molecular complexity index is 100. The molecule has 74 valence electrons. The van der Waals surface area contributed by atoms with Crippen molar-refractivity contribution in [3.63, 3.8) is 0 Å². The molecule has 0 aliphatic carbocycles. The molecule has 0 aliphatic heterocycles. The highest BCUT2D eigenvalue weighted by Crippen LogP contribution is 2.12. The minimum Gasteiger partial charge on any atom is -0.396 e. The molecule has 0 aromatic heterocycles. The second-order valence-electron chi connectivity index (χ2n) is 3.55. The van der Waals surface area contributed by atoms with Crippen LogP contribution in [0.3, 0.4) is 0 Å². The van der Waals surface area contributed by atoms with Crippen molar-refractivity contribution in [3.8, 4) is 0 Å². The normalized spacial score (nSPS) is 14.2. The monoisotopic (exact) mass is 173 g/mol. The van der Waals surface area contributed by atoms with Gasteiger partial charge in [0.1, 0.15) is 0 Å². The van der Waals surface area contributed by atoms with E-state index in [2.05, 4.69) is 20.8 Å². The van der Waals surface area contributed by atoms with E-state index in [1.165, 1.54) is 6.42 Å². The molecule has 0 saturated carbocycles. The Balaban J connectivity index is 0. The van der Waals surface area contributed by atoms with E-state index in [0.29, 0.717) is 24.2 Å². The lowest BCUT2D eigenvalue weighted by molar-refractivity contribution is 0.193. The first kappa shape index (κ1) is 14.2. The lowest BCUT2D eigenvalue weighted by Gasteiger charge is -2.13. The molecule has 0 bridgehead atoms. The zero-order chi connectivity index (χ0) is 10.1. The minimum atomic E-state index is 0.328. The zero-order valence-electron chi connectivity index (χ0n) is 9.02. The molecule has 0 spiro atoms. The van der Waals surface area contributed by atoms with Crippen molar-refractivity contribution in [2.24, 2.45) is 11.8 Å². The second-order valence-corrected chi connectivity index (χ2v) is 3.55. The van der Waals surface area contributed by atoms with Crippen LogP contribution in [0, 0.1) is 17.2 Å². The first-order valence-corrected chi connectivity index (χ1v) is 4.58. The van der Waals surface area contributed by atoms with Crippen LogP contribution in [0.1, 0.15) is 41.0 Å². The SMILES string of the molecule is CC(C)=N.CC[C@H](C)[C@H](C)CO. The Kier molecular flexibility index (Phi) is 10.3. The number of rotatable bonds is 3. The van der Waals surface area contributed by atoms with Crippen LogP contribution in [0.2, 0.25) is 0 Å². The summed E-state index contributed by atoms with van der Waals surface area (Å²) in [4.78, 5) is 0. The van der Waals surface area contributed by atoms with Gasteiger partial charge in [-0.3, -0.25) is 0 Å². The summed E-state index contributed by atoms with van der Waals surface area (Å²) in [5, 5.41) is 15.1. The summed E-state index contributed by atoms with van der Waals surface area (Å²) < 4.78 is 0. The average molecular weight is 173 g/mol. The number of hydrogen-bond acceptors (Lipinski definition) is 2. The Morgan fingerprint density at radius 2 is 1.58 bits per heavy atom. The van der Waals surface area contributed by atoms with Gasteiger partial charge < -0.3 is 10.5 Å². The molecule has 0 aromatic carbocycles. The summed E-state index contributed by atoms with van der Waals surface area (Å²) in [5.74, 6) is 1.14. The van der Waals surface area contributed by atoms with Crippen molar-refractivity contribution in [1.29, 1.82) is 5.41 Å². The van der Waals surface area contributed by atoms with E-state index >= 15 is 0 Å². The summed E-state index contributed by atoms with van der Waals surface area (Å²) in [6.07, 6.45) is 1.17. The highest BCUT2D eigenvalue weighted by Gasteiger charge is 2.06. The Morgan fingerprint density at radius 3 is 1.67 bits per heavy atom. The van der Waals surface area contributed by atoms with Crippen molar-refractivity contribution in [3.05, 3.63) is 0 Å². The zero-order valence-corrected chi connectivity index (χ0v) is 9.02. The smallest absolute Gasteiger partial charge is 0.0459 e. The predicted molar refractivity (Wildman–Crippen MR) is 54.8 cm³/mol. The van der Waals surface area contributed by atoms with Crippen LogP contribution in [0.5, 0.6) is 0 Å². The summed E-state index contributed by atoms with van der Waals surface area (Å²) >= 11 is 0. The third kappa shape index (κ3) is 12.3. The molecule has 0 rings (SSSR count). The highest BCUT2D eigenvalue weighted by molar-refractivity contribution is 5.75. The van der Waals surface area contributed by atoms with Gasteiger partial charge in [-0.15, -0.1) is 0 Å². The lowest BCUT2D eigenvalue weighted by atomic mass is 9.95. The molecule has 2 N–H and O–H groups in total. The molecule has 0 aliphatic rings. The van der Waals surface area contributed by atoms with Gasteiger partial charge in [-0.05, 0) is 25.7 Å². The summed E-state index contributed by atoms with van der Waals surface area (Å²) in [6, 6.07) is 0. The molecule has 2 nitrogen and oxygen atoms in total. The molecule has 2 heteroatoms. The van der Waals surface area contributed by atoms with Crippen LogP contribution >= 0.6 is 0 Å². The average Bonchev–Trinajstić information content (AvgIpc) is 2.00. The molecule has 0 saturated heterocycles. The second kappa shape index (κ2) is 8.72. The van der Waals surface area contributed by atoms with Gasteiger partial charge in [0.25, 0.3) is 0 Å². The van der Waals surface area contributed by atoms with Crippen LogP contribution in [-0.4, -0.2) is 17.4 Å². The van der Waals surface area contributed by atoms with Crippen LogP contribution in [-0.2, 0) is 0 Å². The molecule has 0 unspecified atom stereocenters. The fourth-order valence-electron chi connectivity index (χ4n) is 0.582. The van der Waals surface area contributed by atoms with Crippen LogP contribution < -0.4 is 0 Å². The molecule has 0 aromatic rings. The van der Waals surface area contributed by atoms with Crippen molar-refractivity contribution in [2.45, 2.75) is 41.0 Å². The molecule has 0 fully saturated rings. The van der Waals surface area contributed by atoms with E-state index in [0.717, 1.165) is 0 Å². The van der Waals surface area contributed by atoms with Gasteiger partial charge in [0.2, 0.25) is 0 Å². The standard InChI is InChI=1S/C7H16O.C3H7N/c1-4-6(2)7(3)5-8;1-3(2)4/h6-8H,4-5H2,1-3H3;4H,1-2H3/t6-,7+;/m0./s1. The molecule has 0 radical (unpaired) electrons. The molecule has 12 heavy (non-hydrogen) atoms. The molecule has 0 amide bonds. The maximum atomic E-state index is 8.64. The fourth-order valence-corrected chi connectivity index (χ4v) is 0.582. The highest BCUT2D eigenvalue weighted by atomic mass is 16.3. The van der Waals surface area contributed by atoms with E-state index in [-0.39, 0.29) is 0 Å². The van der Waals surface area contributed by atoms with Gasteiger partial charge in [0.05, 0.1) is 0 Å². The maximum Gasteiger partial charge on any atom is 0.0459 e. The lowest BCUT2D eigenvalue weighted by Crippen LogP contribution is -2.10. The van der Waals surface area contributed by atoms with Gasteiger partial charge in [-0.2, -0.15) is 0 Å². The Hall–Kier alpha value is -0.370. The summed E-state index contributed by atoms with van der Waals surface area (Å²) in [7, 11) is 0. The van der Waals surface area contributed by atoms with Gasteiger partial charge >= 0.3 is 0 Å². The van der Waals surface area contributed by atoms with Crippen LogP contribution in [0.25, 0.3) is 0 Å². The molecule has 0 heterocycles. The third-order valence-corrected chi connectivity index (χ3v) is 1.90. The number of nitrogens with one attached hydrogen (secondary N) is 1. The van der Waals surface area contributed by atoms with Crippen molar-refractivity contribution in [2.75, 3.05) is 6.61 Å². The quantitative estimate of drug-likeness (QED) is 0.633. The molecular formula is C10H23NO. The van der Waals surface area contributed by atoms with Gasteiger partial charge in [-0.25, -0.2) is 0 Å². The first-order valence-electron chi connectivity index (χ1n) is 4.58. The van der Waals surface area contributed by atoms with Gasteiger partial charge in [-0.1, -0.05) is 27.2 Å². The maximum absolute atomic E-state index is 8.64. The number of aliphatic hydroxyl groups is 1. The third-order valence-electron chi connectivity index (χ3n) is 1.90. The van der Waals surface area contributed by atoms with E-state index in [4.69, 9.17) is 10.5 Å².